The van der Waals surface area contributed by atoms with Crippen LogP contribution in [0.1, 0.15) is 25.3 Å². The van der Waals surface area contributed by atoms with E-state index in [0.717, 1.165) is 39.0 Å². The molecule has 1 fully saturated rings. The van der Waals surface area contributed by atoms with Gasteiger partial charge in [0.25, 0.3) is 0 Å². The van der Waals surface area contributed by atoms with Gasteiger partial charge in [-0.05, 0) is 37.3 Å². The maximum atomic E-state index is 5.83. The van der Waals surface area contributed by atoms with Crippen LogP contribution in [-0.4, -0.2) is 43.6 Å². The van der Waals surface area contributed by atoms with Crippen LogP contribution >= 0.6 is 0 Å². The molecular formula is C17H28N4. The van der Waals surface area contributed by atoms with Crippen LogP contribution in [0.15, 0.2) is 35.3 Å². The van der Waals surface area contributed by atoms with E-state index in [9.17, 15) is 0 Å². The maximum Gasteiger partial charge on any atom is 0.188 e. The number of likely N-dealkylation sites (tertiary alicyclic amines) is 1. The lowest BCUT2D eigenvalue weighted by Gasteiger charge is -2.15. The van der Waals surface area contributed by atoms with Crippen LogP contribution in [0.3, 0.4) is 0 Å². The largest absolute Gasteiger partial charge is 0.370 e. The zero-order valence-corrected chi connectivity index (χ0v) is 13.1. The number of nitrogens with one attached hydrogen (secondary N) is 1. The van der Waals surface area contributed by atoms with E-state index in [4.69, 9.17) is 5.73 Å². The van der Waals surface area contributed by atoms with Gasteiger partial charge in [-0.15, -0.1) is 0 Å². The molecule has 0 aromatic heterocycles. The number of hydrogen-bond acceptors (Lipinski definition) is 2. The van der Waals surface area contributed by atoms with Gasteiger partial charge in [0.1, 0.15) is 0 Å². The Bertz CT molecular complexity index is 430. The molecule has 2 rings (SSSR count). The molecule has 1 atom stereocenters. The van der Waals surface area contributed by atoms with Crippen LogP contribution in [-0.2, 0) is 6.42 Å². The van der Waals surface area contributed by atoms with Gasteiger partial charge in [0, 0.05) is 26.2 Å². The molecule has 0 bridgehead atoms. The molecule has 116 valence electrons. The van der Waals surface area contributed by atoms with E-state index in [1.807, 2.05) is 0 Å². The standard InChI is InChI=1S/C17H28N4/c1-2-10-19-17(18)20-13-16-9-12-21(14-16)11-8-15-6-4-3-5-7-15/h3-7,16H,2,8-14H2,1H3,(H3,18,19,20). The minimum Gasteiger partial charge on any atom is -0.370 e. The zero-order valence-electron chi connectivity index (χ0n) is 13.1. The molecule has 1 aliphatic heterocycles. The van der Waals surface area contributed by atoms with Crippen molar-refractivity contribution in [2.24, 2.45) is 16.6 Å². The van der Waals surface area contributed by atoms with Gasteiger partial charge in [0.05, 0.1) is 0 Å². The summed E-state index contributed by atoms with van der Waals surface area (Å²) >= 11 is 0. The van der Waals surface area contributed by atoms with Gasteiger partial charge in [-0.25, -0.2) is 0 Å². The Hall–Kier alpha value is -1.55. The Kier molecular flexibility index (Phi) is 6.54. The quantitative estimate of drug-likeness (QED) is 0.595. The summed E-state index contributed by atoms with van der Waals surface area (Å²) in [5.41, 5.74) is 7.26. The average Bonchev–Trinajstić information content (AvgIpc) is 2.98. The molecule has 0 spiro atoms. The third kappa shape index (κ3) is 5.76. The van der Waals surface area contributed by atoms with Crippen molar-refractivity contribution >= 4 is 5.96 Å². The molecule has 0 saturated carbocycles. The number of nitrogens with zero attached hydrogens (tertiary/aromatic N) is 2. The Balaban J connectivity index is 1.66. The molecule has 4 heteroatoms. The Labute approximate surface area is 128 Å². The lowest BCUT2D eigenvalue weighted by molar-refractivity contribution is 0.329. The number of rotatable bonds is 7. The van der Waals surface area contributed by atoms with Crippen LogP contribution in [0.5, 0.6) is 0 Å². The van der Waals surface area contributed by atoms with E-state index in [1.165, 1.54) is 18.5 Å². The van der Waals surface area contributed by atoms with Crippen molar-refractivity contribution in [3.63, 3.8) is 0 Å². The fraction of sp³-hybridized carbons (Fsp3) is 0.588. The van der Waals surface area contributed by atoms with Crippen molar-refractivity contribution in [1.82, 2.24) is 10.2 Å². The highest BCUT2D eigenvalue weighted by molar-refractivity contribution is 5.77. The lowest BCUT2D eigenvalue weighted by Crippen LogP contribution is -2.33. The third-order valence-corrected chi connectivity index (χ3v) is 4.01. The predicted molar refractivity (Wildman–Crippen MR) is 89.5 cm³/mol. The van der Waals surface area contributed by atoms with Gasteiger partial charge in [-0.1, -0.05) is 37.3 Å². The highest BCUT2D eigenvalue weighted by Crippen LogP contribution is 2.16. The zero-order chi connectivity index (χ0) is 14.9. The van der Waals surface area contributed by atoms with Crippen LogP contribution in [0.25, 0.3) is 0 Å². The summed E-state index contributed by atoms with van der Waals surface area (Å²) in [5, 5.41) is 3.13. The van der Waals surface area contributed by atoms with Crippen LogP contribution < -0.4 is 11.1 Å². The number of guanidine groups is 1. The molecular weight excluding hydrogens is 260 g/mol. The number of nitrogens with two attached hydrogens (primary N) is 1. The molecule has 1 saturated heterocycles. The van der Waals surface area contributed by atoms with E-state index in [-0.39, 0.29) is 0 Å². The van der Waals surface area contributed by atoms with Gasteiger partial charge in [-0.2, -0.15) is 0 Å². The molecule has 4 nitrogen and oxygen atoms in total. The van der Waals surface area contributed by atoms with Crippen LogP contribution in [0, 0.1) is 5.92 Å². The van der Waals surface area contributed by atoms with Crippen molar-refractivity contribution < 1.29 is 0 Å². The summed E-state index contributed by atoms with van der Waals surface area (Å²) in [4.78, 5) is 7.00. The maximum absolute atomic E-state index is 5.83. The molecule has 1 aromatic carbocycles. The van der Waals surface area contributed by atoms with Crippen molar-refractivity contribution in [3.8, 4) is 0 Å². The van der Waals surface area contributed by atoms with Crippen molar-refractivity contribution in [2.45, 2.75) is 26.2 Å². The van der Waals surface area contributed by atoms with Crippen LogP contribution in [0.4, 0.5) is 0 Å². The minimum atomic E-state index is 0.597. The highest BCUT2D eigenvalue weighted by Gasteiger charge is 2.21. The summed E-state index contributed by atoms with van der Waals surface area (Å²) in [7, 11) is 0. The SMILES string of the molecule is CCCNC(N)=NCC1CCN(CCc2ccccc2)C1. The van der Waals surface area contributed by atoms with Gasteiger partial charge in [0.15, 0.2) is 5.96 Å². The van der Waals surface area contributed by atoms with E-state index in [2.05, 4.69) is 52.5 Å². The molecule has 3 N–H and O–H groups in total. The van der Waals surface area contributed by atoms with Gasteiger partial charge >= 0.3 is 0 Å². The van der Waals surface area contributed by atoms with Crippen molar-refractivity contribution in [2.75, 3.05) is 32.7 Å². The second kappa shape index (κ2) is 8.67. The van der Waals surface area contributed by atoms with E-state index in [0.29, 0.717) is 11.9 Å². The molecule has 0 aliphatic carbocycles. The third-order valence-electron chi connectivity index (χ3n) is 4.01. The number of aliphatic imine (C=N–C) groups is 1. The molecule has 1 aromatic rings. The number of benzene rings is 1. The molecule has 1 aliphatic rings. The Morgan fingerprint density at radius 2 is 2.19 bits per heavy atom. The van der Waals surface area contributed by atoms with Crippen molar-refractivity contribution in [3.05, 3.63) is 35.9 Å². The molecule has 0 radical (unpaired) electrons. The monoisotopic (exact) mass is 288 g/mol. The van der Waals surface area contributed by atoms with Gasteiger partial charge in [-0.3, -0.25) is 4.99 Å². The fourth-order valence-electron chi connectivity index (χ4n) is 2.73. The van der Waals surface area contributed by atoms with E-state index < -0.39 is 0 Å². The first-order chi connectivity index (χ1) is 10.3. The van der Waals surface area contributed by atoms with Gasteiger partial charge < -0.3 is 16.0 Å². The first-order valence-corrected chi connectivity index (χ1v) is 8.08. The topological polar surface area (TPSA) is 53.6 Å². The lowest BCUT2D eigenvalue weighted by atomic mass is 10.1. The second-order valence-electron chi connectivity index (χ2n) is 5.84. The second-order valence-corrected chi connectivity index (χ2v) is 5.84. The Morgan fingerprint density at radius 3 is 2.95 bits per heavy atom. The smallest absolute Gasteiger partial charge is 0.188 e. The Morgan fingerprint density at radius 1 is 1.38 bits per heavy atom. The fourth-order valence-corrected chi connectivity index (χ4v) is 2.73. The minimum absolute atomic E-state index is 0.597. The summed E-state index contributed by atoms with van der Waals surface area (Å²) in [5.74, 6) is 1.25. The van der Waals surface area contributed by atoms with E-state index in [1.54, 1.807) is 0 Å². The summed E-state index contributed by atoms with van der Waals surface area (Å²) < 4.78 is 0. The molecule has 1 unspecified atom stereocenters. The van der Waals surface area contributed by atoms with Crippen molar-refractivity contribution in [1.29, 1.82) is 0 Å². The number of hydrogen-bond donors (Lipinski definition) is 2. The first-order valence-electron chi connectivity index (χ1n) is 8.08. The summed E-state index contributed by atoms with van der Waals surface area (Å²) in [6.07, 6.45) is 3.45. The first kappa shape index (κ1) is 15.8. The van der Waals surface area contributed by atoms with Crippen LogP contribution in [0.2, 0.25) is 0 Å². The highest BCUT2D eigenvalue weighted by atomic mass is 15.2. The van der Waals surface area contributed by atoms with E-state index >= 15 is 0 Å². The summed E-state index contributed by atoms with van der Waals surface area (Å²) in [6.45, 7) is 7.37. The average molecular weight is 288 g/mol. The molecule has 1 heterocycles. The molecule has 21 heavy (non-hydrogen) atoms. The van der Waals surface area contributed by atoms with Gasteiger partial charge in [0.2, 0.25) is 0 Å². The molecule has 0 amide bonds. The predicted octanol–water partition coefficient (Wildman–Crippen LogP) is 1.87. The normalized spacial score (nSPS) is 19.9. The summed E-state index contributed by atoms with van der Waals surface area (Å²) in [6, 6.07) is 10.7.